The lowest BCUT2D eigenvalue weighted by Gasteiger charge is -2.14. The molecule has 0 aliphatic heterocycles. The maximum Gasteiger partial charge on any atom is 0.306 e. The normalized spacial score (nSPS) is 13.7. The summed E-state index contributed by atoms with van der Waals surface area (Å²) in [5, 5.41) is 19.8. The number of halogens is 1. The molecule has 6 heteroatoms. The molecule has 1 aromatic carbocycles. The molecule has 0 saturated heterocycles. The highest BCUT2D eigenvalue weighted by Crippen LogP contribution is 2.04. The highest BCUT2D eigenvalue weighted by atomic mass is 19.1. The molecular formula is C12H14FNO4. The first-order chi connectivity index (χ1) is 8.50. The lowest BCUT2D eigenvalue weighted by molar-refractivity contribution is -0.140. The van der Waals surface area contributed by atoms with Crippen LogP contribution in [0.2, 0.25) is 0 Å². The topological polar surface area (TPSA) is 86.6 Å². The van der Waals surface area contributed by atoms with E-state index in [4.69, 9.17) is 10.2 Å². The van der Waals surface area contributed by atoms with Gasteiger partial charge in [0.1, 0.15) is 6.17 Å². The average Bonchev–Trinajstić information content (AvgIpc) is 2.35. The van der Waals surface area contributed by atoms with E-state index in [0.717, 1.165) is 0 Å². The third-order valence-corrected chi connectivity index (χ3v) is 2.29. The zero-order valence-electron chi connectivity index (χ0n) is 9.54. The smallest absolute Gasteiger partial charge is 0.306 e. The van der Waals surface area contributed by atoms with Gasteiger partial charge < -0.3 is 15.5 Å². The van der Waals surface area contributed by atoms with Crippen LogP contribution in [0.1, 0.15) is 16.8 Å². The molecule has 18 heavy (non-hydrogen) atoms. The van der Waals surface area contributed by atoms with Gasteiger partial charge in [-0.25, -0.2) is 4.39 Å². The van der Waals surface area contributed by atoms with Crippen LogP contribution >= 0.6 is 0 Å². The number of carboxylic acids is 1. The van der Waals surface area contributed by atoms with Crippen molar-refractivity contribution in [3.63, 3.8) is 0 Å². The molecule has 98 valence electrons. The number of hydrogen-bond donors (Lipinski definition) is 3. The zero-order chi connectivity index (χ0) is 13.5. The molecule has 2 atom stereocenters. The quantitative estimate of drug-likeness (QED) is 0.694. The second kappa shape index (κ2) is 6.70. The van der Waals surface area contributed by atoms with Crippen LogP contribution in [0.25, 0.3) is 0 Å². The third-order valence-electron chi connectivity index (χ3n) is 2.29. The van der Waals surface area contributed by atoms with Crippen LogP contribution in [0.15, 0.2) is 30.3 Å². The van der Waals surface area contributed by atoms with Gasteiger partial charge in [0, 0.05) is 5.56 Å². The van der Waals surface area contributed by atoms with Gasteiger partial charge in [-0.3, -0.25) is 9.59 Å². The summed E-state index contributed by atoms with van der Waals surface area (Å²) < 4.78 is 13.3. The number of aliphatic carboxylic acids is 1. The molecule has 0 aliphatic carbocycles. The minimum atomic E-state index is -1.81. The number of nitrogens with one attached hydrogen (secondary N) is 1. The first kappa shape index (κ1) is 14.1. The molecule has 0 fully saturated rings. The van der Waals surface area contributed by atoms with Gasteiger partial charge in [-0.2, -0.15) is 0 Å². The number of aliphatic hydroxyl groups excluding tert-OH is 1. The van der Waals surface area contributed by atoms with Gasteiger partial charge in [0.2, 0.25) is 0 Å². The SMILES string of the molecule is O=C(O)C[C@H](O)C(F)CNC(=O)c1ccccc1. The van der Waals surface area contributed by atoms with Crippen molar-refractivity contribution in [3.05, 3.63) is 35.9 Å². The van der Waals surface area contributed by atoms with Crippen LogP contribution in [0, 0.1) is 0 Å². The largest absolute Gasteiger partial charge is 0.481 e. The number of carbonyl (C=O) groups is 2. The van der Waals surface area contributed by atoms with Crippen LogP contribution in [0.5, 0.6) is 0 Å². The first-order valence-electron chi connectivity index (χ1n) is 5.38. The van der Waals surface area contributed by atoms with E-state index >= 15 is 0 Å². The van der Waals surface area contributed by atoms with Crippen LogP contribution in [0.4, 0.5) is 4.39 Å². The summed E-state index contributed by atoms with van der Waals surface area (Å²) in [4.78, 5) is 21.8. The van der Waals surface area contributed by atoms with E-state index in [0.29, 0.717) is 5.56 Å². The van der Waals surface area contributed by atoms with Crippen molar-refractivity contribution in [3.8, 4) is 0 Å². The van der Waals surface area contributed by atoms with Crippen LogP contribution < -0.4 is 5.32 Å². The van der Waals surface area contributed by atoms with E-state index in [1.807, 2.05) is 0 Å². The van der Waals surface area contributed by atoms with Crippen LogP contribution in [-0.2, 0) is 4.79 Å². The molecule has 0 radical (unpaired) electrons. The summed E-state index contributed by atoms with van der Waals surface area (Å²) in [5.74, 6) is -1.76. The van der Waals surface area contributed by atoms with Crippen molar-refractivity contribution in [2.24, 2.45) is 0 Å². The molecule has 5 nitrogen and oxygen atoms in total. The predicted molar refractivity (Wildman–Crippen MR) is 61.9 cm³/mol. The Labute approximate surface area is 103 Å². The van der Waals surface area contributed by atoms with E-state index in [1.165, 1.54) is 0 Å². The second-order valence-corrected chi connectivity index (χ2v) is 3.76. The van der Waals surface area contributed by atoms with E-state index in [-0.39, 0.29) is 0 Å². The molecule has 0 heterocycles. The van der Waals surface area contributed by atoms with Gasteiger partial charge in [-0.1, -0.05) is 18.2 Å². The summed E-state index contributed by atoms with van der Waals surface area (Å²) in [6.07, 6.45) is -4.13. The van der Waals surface area contributed by atoms with E-state index < -0.39 is 37.1 Å². The fraction of sp³-hybridized carbons (Fsp3) is 0.333. The number of amides is 1. The van der Waals surface area contributed by atoms with Crippen molar-refractivity contribution in [2.75, 3.05) is 6.54 Å². The van der Waals surface area contributed by atoms with Crippen molar-refractivity contribution in [1.29, 1.82) is 0 Å². The Hall–Kier alpha value is -1.95. The fourth-order valence-corrected chi connectivity index (χ4v) is 1.32. The lowest BCUT2D eigenvalue weighted by Crippen LogP contribution is -2.37. The molecule has 1 amide bonds. The highest BCUT2D eigenvalue weighted by Gasteiger charge is 2.21. The van der Waals surface area contributed by atoms with Gasteiger partial charge in [-0.15, -0.1) is 0 Å². The number of carbonyl (C=O) groups excluding carboxylic acids is 1. The molecule has 1 aromatic rings. The number of alkyl halides is 1. The summed E-state index contributed by atoms with van der Waals surface area (Å²) in [7, 11) is 0. The van der Waals surface area contributed by atoms with E-state index in [2.05, 4.69) is 5.32 Å². The molecule has 0 spiro atoms. The summed E-state index contributed by atoms with van der Waals surface area (Å²) in [5.41, 5.74) is 0.373. The van der Waals surface area contributed by atoms with Crippen molar-refractivity contribution >= 4 is 11.9 Å². The van der Waals surface area contributed by atoms with Gasteiger partial charge in [0.25, 0.3) is 5.91 Å². The fourth-order valence-electron chi connectivity index (χ4n) is 1.32. The maximum absolute atomic E-state index is 13.3. The molecule has 1 rings (SSSR count). The Morgan fingerprint density at radius 1 is 1.28 bits per heavy atom. The first-order valence-corrected chi connectivity index (χ1v) is 5.38. The van der Waals surface area contributed by atoms with Gasteiger partial charge in [0.15, 0.2) is 0 Å². The number of aliphatic hydroxyl groups is 1. The van der Waals surface area contributed by atoms with Crippen LogP contribution in [0.3, 0.4) is 0 Å². The number of carboxylic acid groups (broad SMARTS) is 1. The summed E-state index contributed by atoms with van der Waals surface area (Å²) in [6.45, 7) is -0.428. The maximum atomic E-state index is 13.3. The number of rotatable bonds is 6. The molecule has 1 unspecified atom stereocenters. The summed E-state index contributed by atoms with van der Waals surface area (Å²) >= 11 is 0. The number of hydrogen-bond acceptors (Lipinski definition) is 3. The lowest BCUT2D eigenvalue weighted by atomic mass is 10.1. The predicted octanol–water partition coefficient (Wildman–Crippen LogP) is 0.590. The minimum absolute atomic E-state index is 0.373. The van der Waals surface area contributed by atoms with Crippen molar-refractivity contribution in [2.45, 2.75) is 18.7 Å². The average molecular weight is 255 g/mol. The van der Waals surface area contributed by atoms with E-state index in [1.54, 1.807) is 30.3 Å². The second-order valence-electron chi connectivity index (χ2n) is 3.76. The minimum Gasteiger partial charge on any atom is -0.481 e. The Bertz CT molecular complexity index is 410. The Kier molecular flexibility index (Phi) is 5.26. The molecule has 3 N–H and O–H groups in total. The highest BCUT2D eigenvalue weighted by molar-refractivity contribution is 5.94. The molecular weight excluding hydrogens is 241 g/mol. The zero-order valence-corrected chi connectivity index (χ0v) is 9.54. The van der Waals surface area contributed by atoms with Crippen LogP contribution in [-0.4, -0.2) is 40.9 Å². The van der Waals surface area contributed by atoms with Crippen molar-refractivity contribution < 1.29 is 24.2 Å². The van der Waals surface area contributed by atoms with Crippen molar-refractivity contribution in [1.82, 2.24) is 5.32 Å². The Balaban J connectivity index is 2.41. The molecule has 0 bridgehead atoms. The molecule has 0 aliphatic rings. The Morgan fingerprint density at radius 3 is 2.44 bits per heavy atom. The van der Waals surface area contributed by atoms with E-state index in [9.17, 15) is 14.0 Å². The van der Waals surface area contributed by atoms with Gasteiger partial charge in [-0.05, 0) is 12.1 Å². The summed E-state index contributed by atoms with van der Waals surface area (Å²) in [6, 6.07) is 8.21. The number of benzene rings is 1. The molecule has 0 saturated carbocycles. The third kappa shape index (κ3) is 4.50. The van der Waals surface area contributed by atoms with Gasteiger partial charge >= 0.3 is 5.97 Å². The Morgan fingerprint density at radius 2 is 1.89 bits per heavy atom. The standard InChI is InChI=1S/C12H14FNO4/c13-9(10(15)6-11(16)17)7-14-12(18)8-4-2-1-3-5-8/h1-5,9-10,15H,6-7H2,(H,14,18)(H,16,17)/t9?,10-/m0/s1. The molecule has 0 aromatic heterocycles. The monoisotopic (exact) mass is 255 g/mol. The van der Waals surface area contributed by atoms with Gasteiger partial charge in [0.05, 0.1) is 19.1 Å².